The molecule has 0 aliphatic carbocycles. The number of hydrogen-bond acceptors (Lipinski definition) is 3. The summed E-state index contributed by atoms with van der Waals surface area (Å²) in [7, 11) is 0. The van der Waals surface area contributed by atoms with Gasteiger partial charge in [0.05, 0.1) is 19.1 Å². The standard InChI is InChI=1S/C17H25NO3/c1-12-10-14(3)16(11-13(12)2)21-9-6-17(20)18-7-4-15(19)5-8-18/h10-11,15,19H,4-9H2,1-3H3. The maximum Gasteiger partial charge on any atom is 0.226 e. The molecule has 0 aromatic heterocycles. The van der Waals surface area contributed by atoms with Crippen LogP contribution < -0.4 is 4.74 Å². The number of aliphatic hydroxyl groups excluding tert-OH is 1. The number of benzene rings is 1. The van der Waals surface area contributed by atoms with E-state index in [0.717, 1.165) is 11.3 Å². The third kappa shape index (κ3) is 4.21. The van der Waals surface area contributed by atoms with Gasteiger partial charge in [-0.3, -0.25) is 4.79 Å². The number of aryl methyl sites for hydroxylation is 3. The summed E-state index contributed by atoms with van der Waals surface area (Å²) in [5.74, 6) is 0.975. The third-order valence-corrected chi connectivity index (χ3v) is 4.18. The van der Waals surface area contributed by atoms with Crippen molar-refractivity contribution in [3.8, 4) is 5.75 Å². The summed E-state index contributed by atoms with van der Waals surface area (Å²) in [6.07, 6.45) is 1.51. The zero-order valence-corrected chi connectivity index (χ0v) is 13.2. The first kappa shape index (κ1) is 15.8. The van der Waals surface area contributed by atoms with E-state index in [0.29, 0.717) is 39.0 Å². The van der Waals surface area contributed by atoms with Gasteiger partial charge in [-0.2, -0.15) is 0 Å². The van der Waals surface area contributed by atoms with Crippen LogP contribution in [-0.2, 0) is 4.79 Å². The molecule has 0 radical (unpaired) electrons. The summed E-state index contributed by atoms with van der Waals surface area (Å²) in [4.78, 5) is 13.9. The van der Waals surface area contributed by atoms with Crippen LogP contribution in [0.15, 0.2) is 12.1 Å². The molecule has 1 aromatic carbocycles. The number of carbonyl (C=O) groups is 1. The molecule has 1 heterocycles. The van der Waals surface area contributed by atoms with Crippen molar-refractivity contribution in [2.24, 2.45) is 0 Å². The van der Waals surface area contributed by atoms with E-state index >= 15 is 0 Å². The molecule has 116 valence electrons. The first-order valence-electron chi connectivity index (χ1n) is 7.64. The molecular weight excluding hydrogens is 266 g/mol. The van der Waals surface area contributed by atoms with Crippen molar-refractivity contribution < 1.29 is 14.6 Å². The SMILES string of the molecule is Cc1cc(C)c(OCCC(=O)N2CCC(O)CC2)cc1C. The third-order valence-electron chi connectivity index (χ3n) is 4.18. The van der Waals surface area contributed by atoms with E-state index in [1.807, 2.05) is 17.9 Å². The van der Waals surface area contributed by atoms with Gasteiger partial charge in [-0.1, -0.05) is 6.07 Å². The number of aliphatic hydroxyl groups is 1. The number of nitrogens with zero attached hydrogens (tertiary/aromatic N) is 1. The highest BCUT2D eigenvalue weighted by Gasteiger charge is 2.20. The van der Waals surface area contributed by atoms with Crippen LogP contribution >= 0.6 is 0 Å². The minimum atomic E-state index is -0.247. The number of likely N-dealkylation sites (tertiary alicyclic amines) is 1. The lowest BCUT2D eigenvalue weighted by Gasteiger charge is -2.29. The molecule has 0 spiro atoms. The zero-order chi connectivity index (χ0) is 15.4. The average molecular weight is 291 g/mol. The topological polar surface area (TPSA) is 49.8 Å². The van der Waals surface area contributed by atoms with Crippen LogP contribution in [-0.4, -0.2) is 41.7 Å². The van der Waals surface area contributed by atoms with E-state index in [9.17, 15) is 9.90 Å². The van der Waals surface area contributed by atoms with Gasteiger partial charge in [0.25, 0.3) is 0 Å². The number of piperidine rings is 1. The predicted octanol–water partition coefficient (Wildman–Crippen LogP) is 2.36. The van der Waals surface area contributed by atoms with Gasteiger partial charge in [0.2, 0.25) is 5.91 Å². The maximum atomic E-state index is 12.1. The number of ether oxygens (including phenoxy) is 1. The van der Waals surface area contributed by atoms with Crippen molar-refractivity contribution >= 4 is 5.91 Å². The van der Waals surface area contributed by atoms with Gasteiger partial charge in [-0.15, -0.1) is 0 Å². The maximum absolute atomic E-state index is 12.1. The Balaban J connectivity index is 1.81. The van der Waals surface area contributed by atoms with E-state index in [1.54, 1.807) is 0 Å². The first-order valence-corrected chi connectivity index (χ1v) is 7.64. The lowest BCUT2D eigenvalue weighted by atomic mass is 10.1. The Kier molecular flexibility index (Phi) is 5.23. The number of amides is 1. The molecule has 0 bridgehead atoms. The van der Waals surface area contributed by atoms with Gasteiger partial charge in [0, 0.05) is 13.1 Å². The van der Waals surface area contributed by atoms with Crippen LogP contribution in [0.2, 0.25) is 0 Å². The minimum Gasteiger partial charge on any atom is -0.493 e. The molecule has 1 saturated heterocycles. The Bertz CT molecular complexity index is 505. The molecule has 1 amide bonds. The van der Waals surface area contributed by atoms with Crippen LogP contribution in [0.1, 0.15) is 36.0 Å². The summed E-state index contributed by atoms with van der Waals surface area (Å²) in [5, 5.41) is 9.45. The summed E-state index contributed by atoms with van der Waals surface area (Å²) in [6.45, 7) is 7.88. The smallest absolute Gasteiger partial charge is 0.226 e. The Morgan fingerprint density at radius 2 is 1.81 bits per heavy atom. The molecule has 2 rings (SSSR count). The lowest BCUT2D eigenvalue weighted by Crippen LogP contribution is -2.40. The van der Waals surface area contributed by atoms with Crippen LogP contribution in [0.3, 0.4) is 0 Å². The van der Waals surface area contributed by atoms with E-state index in [2.05, 4.69) is 19.9 Å². The Hall–Kier alpha value is -1.55. The van der Waals surface area contributed by atoms with E-state index < -0.39 is 0 Å². The van der Waals surface area contributed by atoms with Gasteiger partial charge >= 0.3 is 0 Å². The number of carbonyl (C=O) groups excluding carboxylic acids is 1. The highest BCUT2D eigenvalue weighted by molar-refractivity contribution is 5.76. The Labute approximate surface area is 126 Å². The van der Waals surface area contributed by atoms with Crippen molar-refractivity contribution in [1.29, 1.82) is 0 Å². The van der Waals surface area contributed by atoms with E-state index in [-0.39, 0.29) is 12.0 Å². The zero-order valence-electron chi connectivity index (χ0n) is 13.2. The summed E-state index contributed by atoms with van der Waals surface area (Å²) in [6, 6.07) is 4.14. The van der Waals surface area contributed by atoms with E-state index in [1.165, 1.54) is 11.1 Å². The van der Waals surface area contributed by atoms with Crippen molar-refractivity contribution in [3.05, 3.63) is 28.8 Å². The van der Waals surface area contributed by atoms with Gasteiger partial charge in [0.15, 0.2) is 0 Å². The summed E-state index contributed by atoms with van der Waals surface area (Å²) < 4.78 is 5.76. The fourth-order valence-corrected chi connectivity index (χ4v) is 2.61. The van der Waals surface area contributed by atoms with Gasteiger partial charge in [-0.25, -0.2) is 0 Å². The fourth-order valence-electron chi connectivity index (χ4n) is 2.61. The minimum absolute atomic E-state index is 0.114. The molecule has 1 fully saturated rings. The van der Waals surface area contributed by atoms with Crippen molar-refractivity contribution in [3.63, 3.8) is 0 Å². The predicted molar refractivity (Wildman–Crippen MR) is 82.6 cm³/mol. The van der Waals surface area contributed by atoms with Crippen molar-refractivity contribution in [1.82, 2.24) is 4.90 Å². The van der Waals surface area contributed by atoms with Gasteiger partial charge in [-0.05, 0) is 56.4 Å². The molecule has 1 aliphatic heterocycles. The largest absolute Gasteiger partial charge is 0.493 e. The molecular formula is C17H25NO3. The number of rotatable bonds is 4. The monoisotopic (exact) mass is 291 g/mol. The molecule has 1 aromatic rings. The molecule has 1 N–H and O–H groups in total. The molecule has 4 nitrogen and oxygen atoms in total. The fraction of sp³-hybridized carbons (Fsp3) is 0.588. The first-order chi connectivity index (χ1) is 9.97. The average Bonchev–Trinajstić information content (AvgIpc) is 2.45. The molecule has 21 heavy (non-hydrogen) atoms. The Morgan fingerprint density at radius 3 is 2.48 bits per heavy atom. The second-order valence-electron chi connectivity index (χ2n) is 5.91. The highest BCUT2D eigenvalue weighted by Crippen LogP contribution is 2.22. The highest BCUT2D eigenvalue weighted by atomic mass is 16.5. The van der Waals surface area contributed by atoms with Gasteiger partial charge in [0.1, 0.15) is 5.75 Å². The van der Waals surface area contributed by atoms with Crippen molar-refractivity contribution in [2.45, 2.75) is 46.1 Å². The quantitative estimate of drug-likeness (QED) is 0.926. The number of hydrogen-bond donors (Lipinski definition) is 1. The molecule has 0 atom stereocenters. The molecule has 1 aliphatic rings. The molecule has 4 heteroatoms. The molecule has 0 saturated carbocycles. The second-order valence-corrected chi connectivity index (χ2v) is 5.91. The van der Waals surface area contributed by atoms with Crippen LogP contribution in [0.5, 0.6) is 5.75 Å². The second kappa shape index (κ2) is 6.94. The van der Waals surface area contributed by atoms with Crippen molar-refractivity contribution in [2.75, 3.05) is 19.7 Å². The van der Waals surface area contributed by atoms with Crippen LogP contribution in [0.4, 0.5) is 0 Å². The van der Waals surface area contributed by atoms with Crippen LogP contribution in [0.25, 0.3) is 0 Å². The Morgan fingerprint density at radius 1 is 1.19 bits per heavy atom. The summed E-state index contributed by atoms with van der Waals surface area (Å²) >= 11 is 0. The summed E-state index contributed by atoms with van der Waals surface area (Å²) in [5.41, 5.74) is 3.56. The van der Waals surface area contributed by atoms with Crippen LogP contribution in [0, 0.1) is 20.8 Å². The normalized spacial score (nSPS) is 16.1. The lowest BCUT2D eigenvalue weighted by molar-refractivity contribution is -0.133. The van der Waals surface area contributed by atoms with E-state index in [4.69, 9.17) is 4.74 Å². The molecule has 0 unspecified atom stereocenters. The van der Waals surface area contributed by atoms with Gasteiger partial charge < -0.3 is 14.7 Å².